The second-order valence-corrected chi connectivity index (χ2v) is 9.12. The summed E-state index contributed by atoms with van der Waals surface area (Å²) in [6.45, 7) is 3.27. The number of nitrogens with two attached hydrogens (primary N) is 1. The molecule has 8 nitrogen and oxygen atoms in total. The summed E-state index contributed by atoms with van der Waals surface area (Å²) in [5, 5.41) is 25.4. The number of benzene rings is 1. The van der Waals surface area contributed by atoms with E-state index in [0.717, 1.165) is 29.5 Å². The molecule has 32 heavy (non-hydrogen) atoms. The zero-order chi connectivity index (χ0) is 22.8. The van der Waals surface area contributed by atoms with Gasteiger partial charge in [0, 0.05) is 30.4 Å². The van der Waals surface area contributed by atoms with Crippen molar-refractivity contribution in [1.82, 2.24) is 19.3 Å². The molecule has 3 aliphatic rings. The summed E-state index contributed by atoms with van der Waals surface area (Å²) >= 11 is 0. The number of nitrogens with zero attached hydrogens (tertiary/aromatic N) is 4. The molecule has 1 atom stereocenters. The van der Waals surface area contributed by atoms with Crippen LogP contribution in [0.2, 0.25) is 0 Å². The standard InChI is InChI=1S/C24H25N5O3/c1-24(2,32)8-6-13-4-5-16-14-11-15(12-14)29-20(21(30)18-7-9-26-28(18)3)19(22(25)31)27-23(29)17(16)10-13/h4-5,7,9-10,14-15,21,30,32H,11-12H2,1-3H3,(H2,25,31). The maximum absolute atomic E-state index is 12.4. The molecule has 0 spiro atoms. The minimum Gasteiger partial charge on any atom is -0.380 e. The van der Waals surface area contributed by atoms with E-state index in [1.165, 1.54) is 0 Å². The molecule has 3 aromatic rings. The van der Waals surface area contributed by atoms with Crippen molar-refractivity contribution < 1.29 is 15.0 Å². The number of primary amides is 1. The van der Waals surface area contributed by atoms with Crippen LogP contribution in [0.15, 0.2) is 30.5 Å². The van der Waals surface area contributed by atoms with Crippen LogP contribution in [0, 0.1) is 11.8 Å². The molecule has 1 aromatic carbocycles. The molecule has 1 aliphatic carbocycles. The van der Waals surface area contributed by atoms with Gasteiger partial charge in [0.2, 0.25) is 0 Å². The first kappa shape index (κ1) is 20.5. The Morgan fingerprint density at radius 1 is 1.31 bits per heavy atom. The van der Waals surface area contributed by atoms with Gasteiger partial charge >= 0.3 is 0 Å². The fourth-order valence-corrected chi connectivity index (χ4v) is 4.70. The number of rotatable bonds is 3. The van der Waals surface area contributed by atoms with Crippen LogP contribution in [-0.4, -0.2) is 41.1 Å². The Bertz CT molecular complexity index is 1300. The lowest BCUT2D eigenvalue weighted by atomic mass is 9.75. The van der Waals surface area contributed by atoms with Gasteiger partial charge in [-0.15, -0.1) is 0 Å². The maximum Gasteiger partial charge on any atom is 0.269 e. The molecule has 1 unspecified atom stereocenters. The van der Waals surface area contributed by atoms with Gasteiger partial charge < -0.3 is 20.5 Å². The highest BCUT2D eigenvalue weighted by molar-refractivity contribution is 5.93. The summed E-state index contributed by atoms with van der Waals surface area (Å²) in [6, 6.07) is 7.78. The number of aryl methyl sites for hydroxylation is 1. The summed E-state index contributed by atoms with van der Waals surface area (Å²) in [4.78, 5) is 17.0. The third kappa shape index (κ3) is 3.22. The molecule has 2 aromatic heterocycles. The Balaban J connectivity index is 1.72. The monoisotopic (exact) mass is 431 g/mol. The fourth-order valence-electron chi connectivity index (χ4n) is 4.70. The second-order valence-electron chi connectivity index (χ2n) is 9.12. The van der Waals surface area contributed by atoms with Crippen LogP contribution < -0.4 is 5.73 Å². The van der Waals surface area contributed by atoms with E-state index in [0.29, 0.717) is 23.1 Å². The number of imidazole rings is 1. The van der Waals surface area contributed by atoms with E-state index in [2.05, 4.69) is 28.0 Å². The summed E-state index contributed by atoms with van der Waals surface area (Å²) in [5.74, 6) is 6.17. The molecule has 6 rings (SSSR count). The number of carbonyl (C=O) groups excluding carboxylic acids is 1. The van der Waals surface area contributed by atoms with E-state index in [1.807, 2.05) is 16.7 Å². The topological polar surface area (TPSA) is 119 Å². The number of hydrogen-bond donors (Lipinski definition) is 3. The minimum atomic E-state index is -1.10. The van der Waals surface area contributed by atoms with Crippen molar-refractivity contribution in [2.24, 2.45) is 12.8 Å². The molecular formula is C24H25N5O3. The van der Waals surface area contributed by atoms with Crippen molar-refractivity contribution in [2.75, 3.05) is 0 Å². The molecule has 0 saturated heterocycles. The molecule has 8 heteroatoms. The second kappa shape index (κ2) is 7.05. The highest BCUT2D eigenvalue weighted by atomic mass is 16.3. The van der Waals surface area contributed by atoms with Crippen LogP contribution in [-0.2, 0) is 7.05 Å². The van der Waals surface area contributed by atoms with Gasteiger partial charge in [0.05, 0.1) is 11.4 Å². The summed E-state index contributed by atoms with van der Waals surface area (Å²) in [7, 11) is 1.74. The average molecular weight is 431 g/mol. The maximum atomic E-state index is 12.4. The third-order valence-electron chi connectivity index (χ3n) is 6.30. The predicted octanol–water partition coefficient (Wildman–Crippen LogP) is 2.02. The largest absolute Gasteiger partial charge is 0.380 e. The van der Waals surface area contributed by atoms with Crippen molar-refractivity contribution in [1.29, 1.82) is 0 Å². The average Bonchev–Trinajstić information content (AvgIpc) is 3.23. The number of aliphatic hydroxyl groups is 2. The Hall–Kier alpha value is -3.41. The van der Waals surface area contributed by atoms with Gasteiger partial charge in [-0.1, -0.05) is 17.9 Å². The molecule has 4 N–H and O–H groups in total. The third-order valence-corrected chi connectivity index (χ3v) is 6.30. The van der Waals surface area contributed by atoms with Crippen molar-refractivity contribution >= 4 is 5.91 Å². The minimum absolute atomic E-state index is 0.0676. The lowest BCUT2D eigenvalue weighted by Gasteiger charge is -2.36. The molecular weight excluding hydrogens is 406 g/mol. The highest BCUT2D eigenvalue weighted by Gasteiger charge is 2.42. The molecule has 2 aliphatic heterocycles. The van der Waals surface area contributed by atoms with Gasteiger partial charge in [0.1, 0.15) is 17.5 Å². The van der Waals surface area contributed by atoms with Crippen molar-refractivity contribution in [3.8, 4) is 23.2 Å². The number of aliphatic hydroxyl groups excluding tert-OH is 1. The van der Waals surface area contributed by atoms with Crippen LogP contribution in [0.1, 0.15) is 77.8 Å². The number of hydrogen-bond acceptors (Lipinski definition) is 5. The Labute approximate surface area is 185 Å². The summed E-state index contributed by atoms with van der Waals surface area (Å²) in [6.07, 6.45) is 2.30. The van der Waals surface area contributed by atoms with Crippen molar-refractivity contribution in [3.63, 3.8) is 0 Å². The normalized spacial score (nSPS) is 19.7. The molecule has 1 saturated carbocycles. The van der Waals surface area contributed by atoms with Crippen molar-refractivity contribution in [2.45, 2.75) is 50.4 Å². The van der Waals surface area contributed by atoms with E-state index in [1.54, 1.807) is 37.8 Å². The SMILES string of the molecule is Cn1nccc1C(O)c1c(C(N)=O)nc2n1C1CC(C1)c1ccc(C#CC(C)(C)O)cc1-2. The van der Waals surface area contributed by atoms with Crippen LogP contribution in [0.5, 0.6) is 0 Å². The van der Waals surface area contributed by atoms with E-state index >= 15 is 0 Å². The summed E-state index contributed by atoms with van der Waals surface area (Å²) in [5.41, 5.74) is 8.39. The quantitative estimate of drug-likeness (QED) is 0.548. The first-order valence-electron chi connectivity index (χ1n) is 10.6. The number of amides is 1. The molecule has 1 fully saturated rings. The van der Waals surface area contributed by atoms with Crippen LogP contribution in [0.3, 0.4) is 0 Å². The number of aromatic nitrogens is 4. The van der Waals surface area contributed by atoms with Crippen LogP contribution in [0.4, 0.5) is 0 Å². The number of carbonyl (C=O) groups is 1. The molecule has 164 valence electrons. The van der Waals surface area contributed by atoms with Gasteiger partial charge in [-0.2, -0.15) is 5.10 Å². The first-order chi connectivity index (χ1) is 15.1. The van der Waals surface area contributed by atoms with Gasteiger partial charge in [-0.05, 0) is 56.4 Å². The van der Waals surface area contributed by atoms with E-state index in [-0.39, 0.29) is 11.7 Å². The molecule has 0 radical (unpaired) electrons. The Kier molecular flexibility index (Phi) is 4.52. The van der Waals surface area contributed by atoms with E-state index in [4.69, 9.17) is 5.73 Å². The lowest BCUT2D eigenvalue weighted by molar-refractivity contribution is 0.0988. The summed E-state index contributed by atoms with van der Waals surface area (Å²) < 4.78 is 3.56. The van der Waals surface area contributed by atoms with E-state index < -0.39 is 17.6 Å². The van der Waals surface area contributed by atoms with E-state index in [9.17, 15) is 15.0 Å². The molecule has 1 amide bonds. The Morgan fingerprint density at radius 3 is 2.69 bits per heavy atom. The van der Waals surface area contributed by atoms with Gasteiger partial charge in [0.15, 0.2) is 5.69 Å². The zero-order valence-electron chi connectivity index (χ0n) is 18.2. The van der Waals surface area contributed by atoms with Gasteiger partial charge in [-0.3, -0.25) is 9.48 Å². The van der Waals surface area contributed by atoms with Gasteiger partial charge in [-0.25, -0.2) is 4.98 Å². The molecule has 4 heterocycles. The van der Waals surface area contributed by atoms with Crippen LogP contribution >= 0.6 is 0 Å². The smallest absolute Gasteiger partial charge is 0.269 e. The Morgan fingerprint density at radius 2 is 2.06 bits per heavy atom. The fraction of sp³-hybridized carbons (Fsp3) is 0.375. The first-order valence-corrected chi connectivity index (χ1v) is 10.6. The highest BCUT2D eigenvalue weighted by Crippen LogP contribution is 2.53. The lowest BCUT2D eigenvalue weighted by Crippen LogP contribution is -2.27. The predicted molar refractivity (Wildman–Crippen MR) is 118 cm³/mol. The van der Waals surface area contributed by atoms with Gasteiger partial charge in [0.25, 0.3) is 5.91 Å². The zero-order valence-corrected chi connectivity index (χ0v) is 18.2. The van der Waals surface area contributed by atoms with Crippen LogP contribution in [0.25, 0.3) is 11.4 Å². The molecule has 2 bridgehead atoms. The van der Waals surface area contributed by atoms with Crippen molar-refractivity contribution in [3.05, 3.63) is 58.7 Å².